The monoisotopic (exact) mass is 389 g/mol. The molecule has 0 spiro atoms. The van der Waals surface area contributed by atoms with Crippen molar-refractivity contribution in [3.05, 3.63) is 29.8 Å². The Balaban J connectivity index is 1.63. The van der Waals surface area contributed by atoms with Gasteiger partial charge in [-0.15, -0.1) is 0 Å². The fourth-order valence-electron chi connectivity index (χ4n) is 3.56. The summed E-state index contributed by atoms with van der Waals surface area (Å²) in [5, 5.41) is 9.51. The van der Waals surface area contributed by atoms with Gasteiger partial charge in [0.1, 0.15) is 5.75 Å². The van der Waals surface area contributed by atoms with Gasteiger partial charge in [-0.3, -0.25) is 14.7 Å². The molecule has 1 aromatic carbocycles. The summed E-state index contributed by atoms with van der Waals surface area (Å²) in [7, 11) is 3.37. The van der Waals surface area contributed by atoms with Gasteiger partial charge in [-0.2, -0.15) is 0 Å². The molecule has 0 radical (unpaired) electrons. The van der Waals surface area contributed by atoms with E-state index in [1.165, 1.54) is 32.2 Å². The number of nitrogens with zero attached hydrogens (tertiary/aromatic N) is 2. The maximum Gasteiger partial charge on any atom is 0.251 e. The van der Waals surface area contributed by atoms with Crippen LogP contribution in [0.5, 0.6) is 5.75 Å². The molecule has 7 heteroatoms. The van der Waals surface area contributed by atoms with Crippen molar-refractivity contribution < 1.29 is 9.53 Å². The number of hydrogen-bond donors (Lipinski definition) is 3. The minimum atomic E-state index is -0.0943. The fourth-order valence-corrected chi connectivity index (χ4v) is 3.56. The SMILES string of the molecule is CCC1CCCCN1CCNC(=NC)NCCNC(=O)c1ccc(OC)cc1. The number of guanidine groups is 1. The van der Waals surface area contributed by atoms with Crippen molar-refractivity contribution in [2.75, 3.05) is 46.9 Å². The number of nitrogens with one attached hydrogen (secondary N) is 3. The second-order valence-electron chi connectivity index (χ2n) is 7.00. The molecule has 1 amide bonds. The van der Waals surface area contributed by atoms with E-state index in [0.717, 1.165) is 30.8 Å². The molecule has 1 aliphatic heterocycles. The smallest absolute Gasteiger partial charge is 0.251 e. The predicted molar refractivity (Wildman–Crippen MR) is 114 cm³/mol. The summed E-state index contributed by atoms with van der Waals surface area (Å²) < 4.78 is 5.10. The lowest BCUT2D eigenvalue weighted by atomic mass is 10.0. The van der Waals surface area contributed by atoms with Gasteiger partial charge in [0, 0.05) is 44.8 Å². The number of likely N-dealkylation sites (tertiary alicyclic amines) is 1. The molecule has 0 aromatic heterocycles. The Labute approximate surface area is 168 Å². The standard InChI is InChI=1S/C21H35N5O2/c1-4-18-7-5-6-15-26(18)16-14-25-21(22-2)24-13-12-23-20(27)17-8-10-19(28-3)11-9-17/h8-11,18H,4-7,12-16H2,1-3H3,(H,23,27)(H2,22,24,25). The van der Waals surface area contributed by atoms with Gasteiger partial charge in [0.05, 0.1) is 7.11 Å². The summed E-state index contributed by atoms with van der Waals surface area (Å²) in [5.74, 6) is 1.41. The average Bonchev–Trinajstić information content (AvgIpc) is 2.75. The second-order valence-corrected chi connectivity index (χ2v) is 7.00. The van der Waals surface area contributed by atoms with E-state index in [4.69, 9.17) is 4.74 Å². The molecule has 1 heterocycles. The number of rotatable bonds is 9. The van der Waals surface area contributed by atoms with Crippen molar-refractivity contribution in [3.63, 3.8) is 0 Å². The molecular weight excluding hydrogens is 354 g/mol. The summed E-state index contributed by atoms with van der Waals surface area (Å²) in [6, 6.07) is 7.80. The Kier molecular flexibility index (Phi) is 9.62. The number of ether oxygens (including phenoxy) is 1. The molecule has 0 bridgehead atoms. The Morgan fingerprint density at radius 1 is 1.14 bits per heavy atom. The van der Waals surface area contributed by atoms with Crippen molar-refractivity contribution in [1.82, 2.24) is 20.9 Å². The molecule has 3 N–H and O–H groups in total. The van der Waals surface area contributed by atoms with Crippen LogP contribution in [0, 0.1) is 0 Å². The molecular formula is C21H35N5O2. The minimum Gasteiger partial charge on any atom is -0.497 e. The maximum absolute atomic E-state index is 12.1. The highest BCUT2D eigenvalue weighted by Crippen LogP contribution is 2.18. The number of aliphatic imine (C=N–C) groups is 1. The predicted octanol–water partition coefficient (Wildman–Crippen LogP) is 1.85. The van der Waals surface area contributed by atoms with Crippen LogP contribution in [0.1, 0.15) is 43.0 Å². The van der Waals surface area contributed by atoms with Gasteiger partial charge in [0.25, 0.3) is 5.91 Å². The lowest BCUT2D eigenvalue weighted by molar-refractivity contribution is 0.0954. The zero-order chi connectivity index (χ0) is 20.2. The fraction of sp³-hybridized carbons (Fsp3) is 0.619. The normalized spacial score (nSPS) is 17.8. The van der Waals surface area contributed by atoms with Crippen molar-refractivity contribution in [3.8, 4) is 5.75 Å². The van der Waals surface area contributed by atoms with Gasteiger partial charge in [-0.25, -0.2) is 0 Å². The molecule has 0 saturated carbocycles. The van der Waals surface area contributed by atoms with E-state index < -0.39 is 0 Å². The number of carbonyl (C=O) groups excluding carboxylic acids is 1. The molecule has 1 saturated heterocycles. The van der Waals surface area contributed by atoms with Crippen molar-refractivity contribution in [2.24, 2.45) is 4.99 Å². The van der Waals surface area contributed by atoms with Crippen LogP contribution in [0.2, 0.25) is 0 Å². The largest absolute Gasteiger partial charge is 0.497 e. The third kappa shape index (κ3) is 7.03. The minimum absolute atomic E-state index is 0.0943. The first-order valence-electron chi connectivity index (χ1n) is 10.3. The van der Waals surface area contributed by atoms with Gasteiger partial charge in [-0.1, -0.05) is 13.3 Å². The van der Waals surface area contributed by atoms with E-state index in [-0.39, 0.29) is 5.91 Å². The van der Waals surface area contributed by atoms with E-state index in [1.807, 2.05) is 0 Å². The molecule has 2 rings (SSSR count). The van der Waals surface area contributed by atoms with E-state index in [2.05, 4.69) is 32.8 Å². The molecule has 156 valence electrons. The molecule has 1 aliphatic rings. The Bertz CT molecular complexity index is 618. The van der Waals surface area contributed by atoms with Crippen LogP contribution in [-0.2, 0) is 0 Å². The van der Waals surface area contributed by atoms with E-state index in [9.17, 15) is 4.79 Å². The van der Waals surface area contributed by atoms with Gasteiger partial charge in [0.15, 0.2) is 5.96 Å². The summed E-state index contributed by atoms with van der Waals surface area (Å²) >= 11 is 0. The summed E-state index contributed by atoms with van der Waals surface area (Å²) in [5.41, 5.74) is 0.621. The first kappa shape index (κ1) is 22.0. The first-order valence-corrected chi connectivity index (χ1v) is 10.3. The second kappa shape index (κ2) is 12.2. The quantitative estimate of drug-likeness (QED) is 0.341. The molecule has 1 fully saturated rings. The van der Waals surface area contributed by atoms with Crippen LogP contribution < -0.4 is 20.7 Å². The molecule has 0 aliphatic carbocycles. The van der Waals surface area contributed by atoms with Crippen LogP contribution in [-0.4, -0.2) is 69.7 Å². The highest BCUT2D eigenvalue weighted by atomic mass is 16.5. The highest BCUT2D eigenvalue weighted by Gasteiger charge is 2.19. The average molecular weight is 390 g/mol. The number of methoxy groups -OCH3 is 1. The van der Waals surface area contributed by atoms with Gasteiger partial charge >= 0.3 is 0 Å². The lowest BCUT2D eigenvalue weighted by Gasteiger charge is -2.35. The number of hydrogen-bond acceptors (Lipinski definition) is 4. The number of benzene rings is 1. The molecule has 7 nitrogen and oxygen atoms in total. The van der Waals surface area contributed by atoms with E-state index >= 15 is 0 Å². The number of amides is 1. The van der Waals surface area contributed by atoms with Crippen molar-refractivity contribution >= 4 is 11.9 Å². The van der Waals surface area contributed by atoms with Crippen molar-refractivity contribution in [2.45, 2.75) is 38.6 Å². The third-order valence-corrected chi connectivity index (χ3v) is 5.19. The zero-order valence-corrected chi connectivity index (χ0v) is 17.5. The summed E-state index contributed by atoms with van der Waals surface area (Å²) in [6.07, 6.45) is 5.20. The Hall–Kier alpha value is -2.28. The van der Waals surface area contributed by atoms with E-state index in [0.29, 0.717) is 18.7 Å². The highest BCUT2D eigenvalue weighted by molar-refractivity contribution is 5.94. The first-order chi connectivity index (χ1) is 13.7. The summed E-state index contributed by atoms with van der Waals surface area (Å²) in [4.78, 5) is 19.0. The van der Waals surface area contributed by atoms with Crippen LogP contribution in [0.3, 0.4) is 0 Å². The molecule has 1 unspecified atom stereocenters. The Morgan fingerprint density at radius 3 is 2.54 bits per heavy atom. The van der Waals surface area contributed by atoms with Gasteiger partial charge in [0.2, 0.25) is 0 Å². The van der Waals surface area contributed by atoms with Crippen LogP contribution in [0.4, 0.5) is 0 Å². The van der Waals surface area contributed by atoms with Crippen LogP contribution >= 0.6 is 0 Å². The zero-order valence-electron chi connectivity index (χ0n) is 17.5. The van der Waals surface area contributed by atoms with Gasteiger partial charge < -0.3 is 20.7 Å². The van der Waals surface area contributed by atoms with Gasteiger partial charge in [-0.05, 0) is 50.1 Å². The molecule has 1 aromatic rings. The van der Waals surface area contributed by atoms with E-state index in [1.54, 1.807) is 38.4 Å². The van der Waals surface area contributed by atoms with Crippen molar-refractivity contribution in [1.29, 1.82) is 0 Å². The van der Waals surface area contributed by atoms with Crippen LogP contribution in [0.25, 0.3) is 0 Å². The molecule has 1 atom stereocenters. The summed E-state index contributed by atoms with van der Waals surface area (Å²) in [6.45, 7) is 6.51. The number of piperidine rings is 1. The maximum atomic E-state index is 12.1. The lowest BCUT2D eigenvalue weighted by Crippen LogP contribution is -2.46. The Morgan fingerprint density at radius 2 is 1.86 bits per heavy atom. The van der Waals surface area contributed by atoms with Crippen LogP contribution in [0.15, 0.2) is 29.3 Å². The third-order valence-electron chi connectivity index (χ3n) is 5.19. The molecule has 28 heavy (non-hydrogen) atoms. The topological polar surface area (TPSA) is 78.0 Å². The number of carbonyl (C=O) groups is 1.